The predicted molar refractivity (Wildman–Crippen MR) is 191 cm³/mol. The number of benzene rings is 5. The van der Waals surface area contributed by atoms with Gasteiger partial charge in [0.25, 0.3) is 6.71 Å². The topological polar surface area (TPSA) is 49.2 Å². The van der Waals surface area contributed by atoms with Crippen LogP contribution in [0.3, 0.4) is 0 Å². The third-order valence-electron chi connectivity index (χ3n) is 9.49. The Morgan fingerprint density at radius 1 is 0.660 bits per heavy atom. The lowest BCUT2D eigenvalue weighted by Gasteiger charge is -2.33. The Labute approximate surface area is 274 Å². The van der Waals surface area contributed by atoms with Gasteiger partial charge < -0.3 is 9.47 Å². The van der Waals surface area contributed by atoms with E-state index in [9.17, 15) is 0 Å². The van der Waals surface area contributed by atoms with Gasteiger partial charge in [0.2, 0.25) is 0 Å². The number of nitrogens with zero attached hydrogens (tertiary/aromatic N) is 3. The van der Waals surface area contributed by atoms with Gasteiger partial charge in [-0.1, -0.05) is 69.3 Å². The van der Waals surface area contributed by atoms with Crippen LogP contribution in [0.5, 0.6) is 23.0 Å². The van der Waals surface area contributed by atoms with Crippen LogP contribution in [-0.4, -0.2) is 21.2 Å². The van der Waals surface area contributed by atoms with Crippen molar-refractivity contribution in [3.8, 4) is 51.3 Å². The summed E-state index contributed by atoms with van der Waals surface area (Å²) in [5, 5.41) is 0. The monoisotopic (exact) mass is 609 g/mol. The summed E-state index contributed by atoms with van der Waals surface area (Å²) >= 11 is 0. The van der Waals surface area contributed by atoms with Crippen molar-refractivity contribution in [3.63, 3.8) is 0 Å². The van der Waals surface area contributed by atoms with Gasteiger partial charge >= 0.3 is 0 Å². The van der Waals surface area contributed by atoms with Crippen molar-refractivity contribution in [1.82, 2.24) is 14.5 Å². The molecule has 2 aliphatic rings. The lowest BCUT2D eigenvalue weighted by atomic mass is 9.34. The summed E-state index contributed by atoms with van der Waals surface area (Å²) in [5.41, 5.74) is 11.9. The molecule has 0 saturated heterocycles. The summed E-state index contributed by atoms with van der Waals surface area (Å²) < 4.78 is 15.4. The second kappa shape index (κ2) is 10.2. The standard InChI is InChI=1S/C41H32BN3O2/c1-25-10-5-7-12-33(25)45-34-13-8-6-11-31(34)44-40(45)27-17-19-36-30(23-27)42-29-22-26(32-24-28(20-21-43-32)41(2,3)4)16-18-35(29)46-37-14-9-15-38(47-36)39(37)42/h5-24H,1-4H3. The van der Waals surface area contributed by atoms with E-state index in [-0.39, 0.29) is 12.1 Å². The molecule has 5 nitrogen and oxygen atoms in total. The molecule has 226 valence electrons. The zero-order valence-electron chi connectivity index (χ0n) is 26.8. The number of aromatic nitrogens is 3. The fraction of sp³-hybridized carbons (Fsp3) is 0.122. The van der Waals surface area contributed by atoms with Crippen LogP contribution in [0, 0.1) is 6.92 Å². The number of ether oxygens (including phenoxy) is 2. The van der Waals surface area contributed by atoms with Crippen LogP contribution in [0.25, 0.3) is 39.4 Å². The first-order valence-electron chi connectivity index (χ1n) is 16.1. The summed E-state index contributed by atoms with van der Waals surface area (Å²) in [4.78, 5) is 9.98. The average Bonchev–Trinajstić information content (AvgIpc) is 3.47. The van der Waals surface area contributed by atoms with Crippen molar-refractivity contribution >= 4 is 34.1 Å². The van der Waals surface area contributed by atoms with E-state index >= 15 is 0 Å². The van der Waals surface area contributed by atoms with Gasteiger partial charge in [0.05, 0.1) is 22.4 Å². The summed E-state index contributed by atoms with van der Waals surface area (Å²) in [6.07, 6.45) is 1.91. The van der Waals surface area contributed by atoms with E-state index in [4.69, 9.17) is 19.4 Å². The zero-order chi connectivity index (χ0) is 31.9. The van der Waals surface area contributed by atoms with Crippen molar-refractivity contribution in [3.05, 3.63) is 133 Å². The average molecular weight is 610 g/mol. The number of pyridine rings is 1. The molecule has 9 rings (SSSR count). The third-order valence-corrected chi connectivity index (χ3v) is 9.49. The SMILES string of the molecule is Cc1ccccc1-n1c(-c2ccc3c(c2)B2c4cc(-c5cc(C(C)(C)C)ccn5)ccc4Oc4cccc(c42)O3)nc2ccccc21. The van der Waals surface area contributed by atoms with E-state index in [2.05, 4.69) is 123 Å². The van der Waals surface area contributed by atoms with Gasteiger partial charge in [-0.05, 0) is 107 Å². The molecule has 47 heavy (non-hydrogen) atoms. The Balaban J connectivity index is 1.25. The molecule has 5 aromatic carbocycles. The molecule has 0 spiro atoms. The van der Waals surface area contributed by atoms with Crippen molar-refractivity contribution in [2.45, 2.75) is 33.1 Å². The largest absolute Gasteiger partial charge is 0.458 e. The molecule has 0 bridgehead atoms. The van der Waals surface area contributed by atoms with E-state index in [0.717, 1.165) is 78.8 Å². The Bertz CT molecular complexity index is 2370. The van der Waals surface area contributed by atoms with Crippen LogP contribution >= 0.6 is 0 Å². The highest BCUT2D eigenvalue weighted by Gasteiger charge is 2.40. The van der Waals surface area contributed by atoms with Crippen molar-refractivity contribution in [1.29, 1.82) is 0 Å². The first-order valence-corrected chi connectivity index (χ1v) is 16.1. The van der Waals surface area contributed by atoms with E-state index < -0.39 is 0 Å². The summed E-state index contributed by atoms with van der Waals surface area (Å²) in [7, 11) is 0. The van der Waals surface area contributed by atoms with Crippen LogP contribution in [0.15, 0.2) is 121 Å². The Morgan fingerprint density at radius 2 is 1.34 bits per heavy atom. The maximum Gasteiger partial charge on any atom is 0.260 e. The lowest BCUT2D eigenvalue weighted by Crippen LogP contribution is -2.57. The van der Waals surface area contributed by atoms with Gasteiger partial charge in [-0.3, -0.25) is 9.55 Å². The number of fused-ring (bicyclic) bond motifs is 5. The maximum atomic E-state index is 6.57. The highest BCUT2D eigenvalue weighted by Crippen LogP contribution is 2.37. The molecular weight excluding hydrogens is 577 g/mol. The summed E-state index contributed by atoms with van der Waals surface area (Å²) in [6, 6.07) is 40.1. The third kappa shape index (κ3) is 4.39. The number of hydrogen-bond acceptors (Lipinski definition) is 4. The van der Waals surface area contributed by atoms with Gasteiger partial charge in [0.15, 0.2) is 0 Å². The molecule has 0 unspecified atom stereocenters. The Kier molecular flexibility index (Phi) is 6.00. The molecule has 4 heterocycles. The quantitative estimate of drug-likeness (QED) is 0.190. The highest BCUT2D eigenvalue weighted by molar-refractivity contribution is 6.98. The molecule has 2 aromatic heterocycles. The minimum atomic E-state index is -0.0873. The van der Waals surface area contributed by atoms with Crippen LogP contribution in [0.1, 0.15) is 31.9 Å². The molecule has 0 atom stereocenters. The van der Waals surface area contributed by atoms with E-state index in [1.54, 1.807) is 0 Å². The van der Waals surface area contributed by atoms with Crippen LogP contribution < -0.4 is 25.9 Å². The van der Waals surface area contributed by atoms with Gasteiger partial charge in [-0.15, -0.1) is 0 Å². The number of aryl methyl sites for hydroxylation is 1. The normalized spacial score (nSPS) is 13.0. The van der Waals surface area contributed by atoms with Crippen LogP contribution in [-0.2, 0) is 5.41 Å². The highest BCUT2D eigenvalue weighted by atomic mass is 16.5. The number of imidazole rings is 1. The minimum absolute atomic E-state index is 0.0215. The van der Waals surface area contributed by atoms with Gasteiger partial charge in [-0.25, -0.2) is 4.98 Å². The Hall–Kier alpha value is -5.62. The van der Waals surface area contributed by atoms with Gasteiger partial charge in [-0.2, -0.15) is 0 Å². The van der Waals surface area contributed by atoms with E-state index in [0.29, 0.717) is 0 Å². The molecule has 2 aliphatic heterocycles. The maximum absolute atomic E-state index is 6.57. The fourth-order valence-corrected chi connectivity index (χ4v) is 7.07. The second-order valence-corrected chi connectivity index (χ2v) is 13.5. The van der Waals surface area contributed by atoms with E-state index in [1.807, 2.05) is 30.5 Å². The predicted octanol–water partition coefficient (Wildman–Crippen LogP) is 8.09. The molecule has 0 N–H and O–H groups in total. The molecule has 6 heteroatoms. The molecule has 0 aliphatic carbocycles. The number of rotatable bonds is 3. The molecule has 7 aromatic rings. The minimum Gasteiger partial charge on any atom is -0.458 e. The molecule has 0 radical (unpaired) electrons. The summed E-state index contributed by atoms with van der Waals surface area (Å²) in [6.45, 7) is 8.76. The molecule has 0 fully saturated rings. The Morgan fingerprint density at radius 3 is 2.09 bits per heavy atom. The first-order chi connectivity index (χ1) is 22.8. The number of hydrogen-bond donors (Lipinski definition) is 0. The molecular formula is C41H32BN3O2. The zero-order valence-corrected chi connectivity index (χ0v) is 26.8. The number of para-hydroxylation sites is 3. The van der Waals surface area contributed by atoms with Gasteiger partial charge in [0, 0.05) is 17.2 Å². The van der Waals surface area contributed by atoms with Crippen molar-refractivity contribution < 1.29 is 9.47 Å². The van der Waals surface area contributed by atoms with Crippen LogP contribution in [0.4, 0.5) is 0 Å². The molecule has 0 saturated carbocycles. The first kappa shape index (κ1) is 27.7. The second-order valence-electron chi connectivity index (χ2n) is 13.5. The van der Waals surface area contributed by atoms with Crippen molar-refractivity contribution in [2.75, 3.05) is 0 Å². The molecule has 0 amide bonds. The van der Waals surface area contributed by atoms with Crippen molar-refractivity contribution in [2.24, 2.45) is 0 Å². The van der Waals surface area contributed by atoms with E-state index in [1.165, 1.54) is 11.1 Å². The smallest absolute Gasteiger partial charge is 0.260 e. The summed E-state index contributed by atoms with van der Waals surface area (Å²) in [5.74, 6) is 4.23. The van der Waals surface area contributed by atoms with Crippen LogP contribution in [0.2, 0.25) is 0 Å². The van der Waals surface area contributed by atoms with Gasteiger partial charge in [0.1, 0.15) is 28.8 Å². The lowest BCUT2D eigenvalue weighted by molar-refractivity contribution is 0.464. The fourth-order valence-electron chi connectivity index (χ4n) is 7.07.